The number of thiazole rings is 1. The van der Waals surface area contributed by atoms with Gasteiger partial charge >= 0.3 is 0 Å². The van der Waals surface area contributed by atoms with E-state index in [1.165, 1.54) is 0 Å². The van der Waals surface area contributed by atoms with Gasteiger partial charge in [-0.2, -0.15) is 0 Å². The quantitative estimate of drug-likeness (QED) is 0.846. The van der Waals surface area contributed by atoms with E-state index in [0.717, 1.165) is 36.9 Å². The van der Waals surface area contributed by atoms with Gasteiger partial charge in [0.25, 0.3) is 0 Å². The molecule has 0 aliphatic carbocycles. The maximum Gasteiger partial charge on any atom is 0.227 e. The molecule has 3 rings (SSSR count). The van der Waals surface area contributed by atoms with Gasteiger partial charge in [0, 0.05) is 37.8 Å². The molecule has 0 saturated carbocycles. The zero-order chi connectivity index (χ0) is 15.5. The second kappa shape index (κ2) is 6.86. The highest BCUT2D eigenvalue weighted by molar-refractivity contribution is 7.13. The molecule has 1 aliphatic rings. The molecule has 0 atom stereocenters. The Balaban J connectivity index is 1.56. The fourth-order valence-corrected chi connectivity index (χ4v) is 3.47. The summed E-state index contributed by atoms with van der Waals surface area (Å²) in [5.74, 6) is 0.122. The molecular weight excluding hydrogens is 341 g/mol. The van der Waals surface area contributed by atoms with Gasteiger partial charge in [-0.25, -0.2) is 4.98 Å². The predicted molar refractivity (Wildman–Crippen MR) is 91.1 cm³/mol. The van der Waals surface area contributed by atoms with Gasteiger partial charge in [0.15, 0.2) is 5.13 Å². The average molecular weight is 356 g/mol. The lowest BCUT2D eigenvalue weighted by molar-refractivity contribution is -0.130. The molecule has 1 aliphatic heterocycles. The van der Waals surface area contributed by atoms with E-state index in [1.54, 1.807) is 23.5 Å². The minimum atomic E-state index is 0.122. The normalized spacial score (nSPS) is 15.2. The van der Waals surface area contributed by atoms with Crippen molar-refractivity contribution in [1.29, 1.82) is 0 Å². The lowest BCUT2D eigenvalue weighted by Gasteiger charge is -2.34. The number of hydrogen-bond donors (Lipinski definition) is 0. The summed E-state index contributed by atoms with van der Waals surface area (Å²) in [6.45, 7) is 3.08. The Bertz CT molecular complexity index is 655. The van der Waals surface area contributed by atoms with Crippen LogP contribution in [0.2, 0.25) is 10.0 Å². The topological polar surface area (TPSA) is 36.4 Å². The second-order valence-corrected chi connectivity index (χ2v) is 6.80. The van der Waals surface area contributed by atoms with Crippen LogP contribution in [0.5, 0.6) is 0 Å². The highest BCUT2D eigenvalue weighted by Crippen LogP contribution is 2.23. The molecule has 2 heterocycles. The van der Waals surface area contributed by atoms with E-state index in [-0.39, 0.29) is 5.91 Å². The zero-order valence-electron chi connectivity index (χ0n) is 11.8. The Labute approximate surface area is 143 Å². The fraction of sp³-hybridized carbons (Fsp3) is 0.333. The lowest BCUT2D eigenvalue weighted by atomic mass is 10.1. The maximum atomic E-state index is 12.4. The fourth-order valence-electron chi connectivity index (χ4n) is 2.46. The van der Waals surface area contributed by atoms with Gasteiger partial charge in [-0.1, -0.05) is 29.3 Å². The van der Waals surface area contributed by atoms with Gasteiger partial charge in [0.05, 0.1) is 16.5 Å². The van der Waals surface area contributed by atoms with Crippen LogP contribution in [0.3, 0.4) is 0 Å². The van der Waals surface area contributed by atoms with Crippen molar-refractivity contribution >= 4 is 45.6 Å². The van der Waals surface area contributed by atoms with Crippen LogP contribution in [-0.2, 0) is 11.2 Å². The maximum absolute atomic E-state index is 12.4. The summed E-state index contributed by atoms with van der Waals surface area (Å²) in [4.78, 5) is 20.8. The summed E-state index contributed by atoms with van der Waals surface area (Å²) in [5, 5.41) is 3.99. The minimum absolute atomic E-state index is 0.122. The number of benzene rings is 1. The highest BCUT2D eigenvalue weighted by Gasteiger charge is 2.22. The van der Waals surface area contributed by atoms with Gasteiger partial charge in [-0.05, 0) is 17.7 Å². The average Bonchev–Trinajstić information content (AvgIpc) is 3.05. The van der Waals surface area contributed by atoms with Crippen molar-refractivity contribution in [3.8, 4) is 0 Å². The Kier molecular flexibility index (Phi) is 4.86. The third-order valence-corrected chi connectivity index (χ3v) is 5.23. The van der Waals surface area contributed by atoms with Crippen molar-refractivity contribution in [2.75, 3.05) is 31.1 Å². The summed E-state index contributed by atoms with van der Waals surface area (Å²) in [6.07, 6.45) is 2.16. The van der Waals surface area contributed by atoms with Crippen molar-refractivity contribution < 1.29 is 4.79 Å². The second-order valence-electron chi connectivity index (χ2n) is 5.11. The Morgan fingerprint density at radius 1 is 1.18 bits per heavy atom. The van der Waals surface area contributed by atoms with Crippen LogP contribution in [0.4, 0.5) is 5.13 Å². The first-order chi connectivity index (χ1) is 10.6. The molecule has 0 unspecified atom stereocenters. The molecule has 1 saturated heterocycles. The number of halogens is 2. The number of carbonyl (C=O) groups excluding carboxylic acids is 1. The predicted octanol–water partition coefficient (Wildman–Crippen LogP) is 3.34. The molecule has 4 nitrogen and oxygen atoms in total. The Hall–Kier alpha value is -1.30. The van der Waals surface area contributed by atoms with Crippen molar-refractivity contribution in [2.24, 2.45) is 0 Å². The SMILES string of the molecule is O=C(Cc1ccc(Cl)c(Cl)c1)N1CCN(c2nccs2)CC1. The summed E-state index contributed by atoms with van der Waals surface area (Å²) in [5.41, 5.74) is 0.891. The minimum Gasteiger partial charge on any atom is -0.345 e. The van der Waals surface area contributed by atoms with E-state index in [1.807, 2.05) is 22.5 Å². The Morgan fingerprint density at radius 3 is 2.59 bits per heavy atom. The van der Waals surface area contributed by atoms with Crippen molar-refractivity contribution in [1.82, 2.24) is 9.88 Å². The van der Waals surface area contributed by atoms with E-state index in [4.69, 9.17) is 23.2 Å². The molecule has 0 bridgehead atoms. The van der Waals surface area contributed by atoms with Crippen LogP contribution in [0.25, 0.3) is 0 Å². The van der Waals surface area contributed by atoms with E-state index in [0.29, 0.717) is 16.5 Å². The molecule has 1 amide bonds. The zero-order valence-corrected chi connectivity index (χ0v) is 14.2. The smallest absolute Gasteiger partial charge is 0.227 e. The van der Waals surface area contributed by atoms with Gasteiger partial charge < -0.3 is 9.80 Å². The Morgan fingerprint density at radius 2 is 1.95 bits per heavy atom. The van der Waals surface area contributed by atoms with Gasteiger partial charge in [-0.3, -0.25) is 4.79 Å². The standard InChI is InChI=1S/C15H15Cl2N3OS/c16-12-2-1-11(9-13(12)17)10-14(21)19-4-6-20(7-5-19)15-18-3-8-22-15/h1-3,8-9H,4-7,10H2. The van der Waals surface area contributed by atoms with Crippen LogP contribution in [0, 0.1) is 0 Å². The molecule has 2 aromatic rings. The number of rotatable bonds is 3. The molecule has 1 aromatic carbocycles. The molecule has 0 radical (unpaired) electrons. The van der Waals surface area contributed by atoms with E-state index >= 15 is 0 Å². The van der Waals surface area contributed by atoms with E-state index in [2.05, 4.69) is 9.88 Å². The summed E-state index contributed by atoms with van der Waals surface area (Å²) in [6, 6.07) is 5.33. The van der Waals surface area contributed by atoms with Crippen LogP contribution >= 0.6 is 34.5 Å². The number of piperazine rings is 1. The number of hydrogen-bond acceptors (Lipinski definition) is 4. The summed E-state index contributed by atoms with van der Waals surface area (Å²) < 4.78 is 0. The van der Waals surface area contributed by atoms with Crippen LogP contribution in [0.1, 0.15) is 5.56 Å². The molecule has 7 heteroatoms. The molecule has 1 fully saturated rings. The number of amides is 1. The van der Waals surface area contributed by atoms with Crippen molar-refractivity contribution in [2.45, 2.75) is 6.42 Å². The number of carbonyl (C=O) groups is 1. The first kappa shape index (κ1) is 15.6. The lowest BCUT2D eigenvalue weighted by Crippen LogP contribution is -2.49. The van der Waals surface area contributed by atoms with E-state index < -0.39 is 0 Å². The molecule has 0 N–H and O–H groups in total. The largest absolute Gasteiger partial charge is 0.345 e. The van der Waals surface area contributed by atoms with Gasteiger partial charge in [-0.15, -0.1) is 11.3 Å². The highest BCUT2D eigenvalue weighted by atomic mass is 35.5. The van der Waals surface area contributed by atoms with Crippen LogP contribution in [-0.4, -0.2) is 42.0 Å². The van der Waals surface area contributed by atoms with Gasteiger partial charge in [0.2, 0.25) is 5.91 Å². The third kappa shape index (κ3) is 3.54. The molecule has 22 heavy (non-hydrogen) atoms. The number of aromatic nitrogens is 1. The number of nitrogens with zero attached hydrogens (tertiary/aromatic N) is 3. The third-order valence-electron chi connectivity index (χ3n) is 3.66. The first-order valence-corrected chi connectivity index (χ1v) is 8.63. The summed E-state index contributed by atoms with van der Waals surface area (Å²) >= 11 is 13.5. The monoisotopic (exact) mass is 355 g/mol. The summed E-state index contributed by atoms with van der Waals surface area (Å²) in [7, 11) is 0. The van der Waals surface area contributed by atoms with Gasteiger partial charge in [0.1, 0.15) is 0 Å². The van der Waals surface area contributed by atoms with Crippen molar-refractivity contribution in [3.63, 3.8) is 0 Å². The van der Waals surface area contributed by atoms with Crippen molar-refractivity contribution in [3.05, 3.63) is 45.4 Å². The molecule has 1 aromatic heterocycles. The number of anilines is 1. The molecular formula is C15H15Cl2N3OS. The molecule has 0 spiro atoms. The molecule has 116 valence electrons. The van der Waals surface area contributed by atoms with Crippen LogP contribution < -0.4 is 4.90 Å². The van der Waals surface area contributed by atoms with E-state index in [9.17, 15) is 4.79 Å². The first-order valence-electron chi connectivity index (χ1n) is 6.99. The van der Waals surface area contributed by atoms with Crippen LogP contribution in [0.15, 0.2) is 29.8 Å².